The van der Waals surface area contributed by atoms with Crippen LogP contribution in [-0.4, -0.2) is 68.1 Å². The molecule has 1 spiro atoms. The minimum Gasteiger partial charge on any atom is -0.490 e. The van der Waals surface area contributed by atoms with Gasteiger partial charge in [0, 0.05) is 49.5 Å². The Morgan fingerprint density at radius 3 is 2.59 bits per heavy atom. The highest BCUT2D eigenvalue weighted by molar-refractivity contribution is 5.99. The van der Waals surface area contributed by atoms with Gasteiger partial charge in [-0.15, -0.1) is 0 Å². The van der Waals surface area contributed by atoms with Crippen molar-refractivity contribution < 1.29 is 37.3 Å². The Morgan fingerprint density at radius 2 is 1.88 bits per heavy atom. The Kier molecular flexibility index (Phi) is 8.50. The lowest BCUT2D eigenvalue weighted by atomic mass is 9.76. The molecule has 272 valence electrons. The molecule has 2 aliphatic heterocycles. The molecule has 4 fully saturated rings. The summed E-state index contributed by atoms with van der Waals surface area (Å²) in [6.07, 6.45) is 6.98. The zero-order valence-electron chi connectivity index (χ0n) is 28.6. The Hall–Kier alpha value is -4.20. The second kappa shape index (κ2) is 12.8. The third-order valence-electron chi connectivity index (χ3n) is 12.2. The summed E-state index contributed by atoms with van der Waals surface area (Å²) in [6.45, 7) is 3.40. The molecule has 51 heavy (non-hydrogen) atoms. The van der Waals surface area contributed by atoms with Crippen LogP contribution in [0.2, 0.25) is 0 Å². The summed E-state index contributed by atoms with van der Waals surface area (Å²) in [5.74, 6) is -1.79. The highest BCUT2D eigenvalue weighted by atomic mass is 19.4. The average molecular weight is 709 g/mol. The summed E-state index contributed by atoms with van der Waals surface area (Å²) in [7, 11) is 0. The van der Waals surface area contributed by atoms with E-state index in [0.717, 1.165) is 43.9 Å². The molecule has 14 heteroatoms. The van der Waals surface area contributed by atoms with Gasteiger partial charge in [0.15, 0.2) is 5.69 Å². The van der Waals surface area contributed by atoms with Crippen LogP contribution in [0, 0.1) is 17.8 Å². The summed E-state index contributed by atoms with van der Waals surface area (Å²) in [4.78, 5) is 36.2. The van der Waals surface area contributed by atoms with Gasteiger partial charge in [0.05, 0.1) is 17.7 Å². The number of carbonyl (C=O) groups is 2. The number of alkyl halides is 3. The van der Waals surface area contributed by atoms with Crippen LogP contribution in [0.25, 0.3) is 0 Å². The Labute approximate surface area is 293 Å². The zero-order chi connectivity index (χ0) is 35.5. The molecule has 5 aliphatic rings. The van der Waals surface area contributed by atoms with Gasteiger partial charge in [0.1, 0.15) is 11.3 Å². The number of anilines is 2. The van der Waals surface area contributed by atoms with Gasteiger partial charge in [-0.1, -0.05) is 6.92 Å². The van der Waals surface area contributed by atoms with Crippen molar-refractivity contribution in [1.29, 1.82) is 0 Å². The number of ether oxygens (including phenoxy) is 2. The average Bonchev–Trinajstić information content (AvgIpc) is 3.81. The SMILES string of the molecule is CC1CC2CC(C1)C(NC(=O)c1cnc(N3CC4(CCOCC4)c4cc(O[C@H]5CC[C@@H](n6cccn6)CC5)ccc43)nc1C(F)(F)F)(C(=O)O)C2. The van der Waals surface area contributed by atoms with Crippen LogP contribution >= 0.6 is 0 Å². The highest BCUT2D eigenvalue weighted by Crippen LogP contribution is 2.52. The monoisotopic (exact) mass is 708 g/mol. The van der Waals surface area contributed by atoms with Gasteiger partial charge in [0.2, 0.25) is 5.95 Å². The Morgan fingerprint density at radius 1 is 1.10 bits per heavy atom. The first-order chi connectivity index (χ1) is 24.4. The van der Waals surface area contributed by atoms with E-state index in [4.69, 9.17) is 9.47 Å². The molecule has 2 bridgehead atoms. The fraction of sp³-hybridized carbons (Fsp3) is 0.595. The molecule has 8 rings (SSSR count). The number of halogens is 3. The molecule has 0 radical (unpaired) electrons. The van der Waals surface area contributed by atoms with E-state index >= 15 is 0 Å². The number of benzene rings is 1. The minimum absolute atomic E-state index is 0.0434. The molecule has 4 heterocycles. The van der Waals surface area contributed by atoms with Gasteiger partial charge in [-0.3, -0.25) is 9.48 Å². The van der Waals surface area contributed by atoms with Crippen LogP contribution in [0.3, 0.4) is 0 Å². The van der Waals surface area contributed by atoms with E-state index < -0.39 is 40.3 Å². The molecular weight excluding hydrogens is 665 g/mol. The lowest BCUT2D eigenvalue weighted by molar-refractivity contribution is -0.146. The number of amides is 1. The number of fused-ring (bicyclic) bond motifs is 4. The number of carbonyl (C=O) groups excluding carboxylic acids is 1. The van der Waals surface area contributed by atoms with Crippen molar-refractivity contribution in [1.82, 2.24) is 25.1 Å². The third-order valence-corrected chi connectivity index (χ3v) is 12.2. The predicted octanol–water partition coefficient (Wildman–Crippen LogP) is 6.46. The number of rotatable bonds is 7. The standard InChI is InChI=1S/C37H43F3N6O5/c1-22-15-23-17-24(16-22)36(19-23,33(48)49)44-32(47)28-20-41-34(43-31(28)37(38,39)40)45-21-35(9-13-50-14-10-35)29-18-27(7-8-30(29)45)51-26-5-3-25(4-6-26)46-12-2-11-42-46/h2,7-8,11-12,18,20,22-26H,3-6,9-10,13-17,19,21H2,1H3,(H,44,47)(H,48,49)/t22?,23?,24?,25-,26+,36?. The smallest absolute Gasteiger partial charge is 0.434 e. The van der Waals surface area contributed by atoms with Crippen LogP contribution < -0.4 is 15.0 Å². The first-order valence-corrected chi connectivity index (χ1v) is 18.1. The molecule has 4 unspecified atom stereocenters. The fourth-order valence-electron chi connectivity index (χ4n) is 9.77. The molecule has 1 saturated heterocycles. The molecule has 1 amide bonds. The molecule has 3 aliphatic carbocycles. The summed E-state index contributed by atoms with van der Waals surface area (Å²) < 4.78 is 58.3. The summed E-state index contributed by atoms with van der Waals surface area (Å²) in [5, 5.41) is 17.2. The fourth-order valence-corrected chi connectivity index (χ4v) is 9.77. The molecule has 2 aromatic heterocycles. The Balaban J connectivity index is 1.07. The maximum atomic E-state index is 14.7. The molecule has 11 nitrogen and oxygen atoms in total. The van der Waals surface area contributed by atoms with Crippen molar-refractivity contribution >= 4 is 23.5 Å². The number of aromatic nitrogens is 4. The maximum absolute atomic E-state index is 14.7. The normalized spacial score (nSPS) is 29.9. The van der Waals surface area contributed by atoms with Gasteiger partial charge < -0.3 is 24.8 Å². The van der Waals surface area contributed by atoms with Crippen molar-refractivity contribution in [3.63, 3.8) is 0 Å². The van der Waals surface area contributed by atoms with Gasteiger partial charge in [0.25, 0.3) is 5.91 Å². The van der Waals surface area contributed by atoms with E-state index in [1.165, 1.54) is 0 Å². The van der Waals surface area contributed by atoms with Crippen LogP contribution in [0.5, 0.6) is 5.75 Å². The Bertz CT molecular complexity index is 1790. The van der Waals surface area contributed by atoms with Crippen LogP contribution in [-0.2, 0) is 21.1 Å². The largest absolute Gasteiger partial charge is 0.490 e. The number of nitrogens with zero attached hydrogens (tertiary/aromatic N) is 5. The highest BCUT2D eigenvalue weighted by Gasteiger charge is 2.57. The first-order valence-electron chi connectivity index (χ1n) is 18.1. The number of nitrogens with one attached hydrogen (secondary N) is 1. The third kappa shape index (κ3) is 6.12. The van der Waals surface area contributed by atoms with Crippen molar-refractivity contribution in [3.05, 3.63) is 59.7 Å². The second-order valence-corrected chi connectivity index (χ2v) is 15.4. The molecule has 4 atom stereocenters. The lowest BCUT2D eigenvalue weighted by Gasteiger charge is -2.34. The van der Waals surface area contributed by atoms with Gasteiger partial charge in [-0.05, 0) is 112 Å². The van der Waals surface area contributed by atoms with Gasteiger partial charge >= 0.3 is 12.1 Å². The van der Waals surface area contributed by atoms with Crippen molar-refractivity contribution in [2.75, 3.05) is 24.7 Å². The van der Waals surface area contributed by atoms with Crippen LogP contribution in [0.15, 0.2) is 42.9 Å². The first kappa shape index (κ1) is 33.9. The van der Waals surface area contributed by atoms with Crippen molar-refractivity contribution in [2.45, 2.75) is 100 Å². The zero-order valence-corrected chi connectivity index (χ0v) is 28.6. The van der Waals surface area contributed by atoms with E-state index in [0.29, 0.717) is 62.9 Å². The number of carboxylic acids is 1. The van der Waals surface area contributed by atoms with E-state index in [9.17, 15) is 27.9 Å². The minimum atomic E-state index is -4.99. The molecule has 3 saturated carbocycles. The van der Waals surface area contributed by atoms with E-state index in [1.54, 1.807) is 11.1 Å². The molecular formula is C37H43F3N6O5. The van der Waals surface area contributed by atoms with Crippen molar-refractivity contribution in [3.8, 4) is 5.75 Å². The van der Waals surface area contributed by atoms with Gasteiger partial charge in [-0.2, -0.15) is 18.3 Å². The maximum Gasteiger partial charge on any atom is 0.434 e. The van der Waals surface area contributed by atoms with Crippen LogP contribution in [0.4, 0.5) is 24.8 Å². The second-order valence-electron chi connectivity index (χ2n) is 15.4. The summed E-state index contributed by atoms with van der Waals surface area (Å²) in [5.41, 5.74) is -2.57. The molecule has 1 aromatic carbocycles. The lowest BCUT2D eigenvalue weighted by Crippen LogP contribution is -2.57. The summed E-state index contributed by atoms with van der Waals surface area (Å²) in [6, 6.07) is 8.00. The topological polar surface area (TPSA) is 132 Å². The molecule has 2 N–H and O–H groups in total. The van der Waals surface area contributed by atoms with E-state index in [1.807, 2.05) is 42.1 Å². The number of hydrogen-bond donors (Lipinski definition) is 2. The number of carboxylic acid groups (broad SMARTS) is 1. The quantitative estimate of drug-likeness (QED) is 0.284. The van der Waals surface area contributed by atoms with Gasteiger partial charge in [-0.25, -0.2) is 14.8 Å². The number of hydrogen-bond acceptors (Lipinski definition) is 8. The summed E-state index contributed by atoms with van der Waals surface area (Å²) >= 11 is 0. The number of aliphatic carboxylic acids is 1. The predicted molar refractivity (Wildman–Crippen MR) is 179 cm³/mol. The van der Waals surface area contributed by atoms with Crippen LogP contribution in [0.1, 0.15) is 98.8 Å². The molecule has 3 aromatic rings. The van der Waals surface area contributed by atoms with Crippen molar-refractivity contribution in [2.24, 2.45) is 17.8 Å². The van der Waals surface area contributed by atoms with E-state index in [2.05, 4.69) is 20.4 Å². The van der Waals surface area contributed by atoms with E-state index in [-0.39, 0.29) is 36.2 Å².